The number of benzene rings is 2. The van der Waals surface area contributed by atoms with E-state index in [2.05, 4.69) is 49.1 Å². The number of anilines is 1. The summed E-state index contributed by atoms with van der Waals surface area (Å²) < 4.78 is 24.2. The Bertz CT molecular complexity index is 2690. The second-order valence-electron chi connectivity index (χ2n) is 19.8. The number of aliphatic hydroxyl groups is 1. The fourth-order valence-electron chi connectivity index (χ4n) is 14.4. The molecule has 354 valence electrons. The number of carbonyl (C=O) groups is 4. The molecular weight excluding hydrogens is 855 g/mol. The third-order valence-electron chi connectivity index (χ3n) is 16.8. The summed E-state index contributed by atoms with van der Waals surface area (Å²) in [6.45, 7) is 8.60. The maximum atomic E-state index is 15.7. The van der Waals surface area contributed by atoms with E-state index in [0.29, 0.717) is 76.1 Å². The number of hydrogen-bond donors (Lipinski definition) is 3. The molecule has 16 nitrogen and oxygen atoms in total. The molecule has 2 aromatic heterocycles. The second kappa shape index (κ2) is 16.2. The Labute approximate surface area is 390 Å². The number of carbonyl (C=O) groups excluding carboxylic acids is 4. The molecule has 1 aliphatic carbocycles. The number of fused-ring (bicyclic) bond motifs is 6. The van der Waals surface area contributed by atoms with E-state index in [9.17, 15) is 19.5 Å². The molecule has 1 spiro atoms. The number of hydrogen-bond acceptors (Lipinski definition) is 14. The highest BCUT2D eigenvalue weighted by Gasteiger charge is 2.80. The molecule has 7 heterocycles. The van der Waals surface area contributed by atoms with Crippen molar-refractivity contribution < 1.29 is 43.2 Å². The Hall–Kier alpha value is -5.84. The van der Waals surface area contributed by atoms with Crippen LogP contribution in [0.3, 0.4) is 0 Å². The highest BCUT2D eigenvalue weighted by molar-refractivity contribution is 5.95. The third-order valence-corrected chi connectivity index (χ3v) is 16.8. The van der Waals surface area contributed by atoms with E-state index in [1.165, 1.54) is 33.5 Å². The van der Waals surface area contributed by atoms with Crippen LogP contribution >= 0.6 is 0 Å². The van der Waals surface area contributed by atoms with Crippen LogP contribution in [0.2, 0.25) is 0 Å². The first-order valence-electron chi connectivity index (χ1n) is 23.6. The van der Waals surface area contributed by atoms with Gasteiger partial charge in [-0.1, -0.05) is 44.2 Å². The summed E-state index contributed by atoms with van der Waals surface area (Å²) in [5.74, 6) is -2.00. The number of H-pyrrole nitrogens is 1. The predicted octanol–water partition coefficient (Wildman–Crippen LogP) is 4.22. The van der Waals surface area contributed by atoms with E-state index in [1.807, 2.05) is 55.3 Å². The Morgan fingerprint density at radius 2 is 1.76 bits per heavy atom. The number of esters is 3. The average molecular weight is 916 g/mol. The number of rotatable bonds is 9. The van der Waals surface area contributed by atoms with Crippen LogP contribution in [0.25, 0.3) is 10.9 Å². The lowest BCUT2D eigenvalue weighted by molar-refractivity contribution is -0.228. The number of nitrogens with zero attached hydrogens (tertiary/aromatic N) is 5. The van der Waals surface area contributed by atoms with Crippen molar-refractivity contribution in [2.75, 3.05) is 66.0 Å². The van der Waals surface area contributed by atoms with Crippen molar-refractivity contribution in [3.05, 3.63) is 95.2 Å². The van der Waals surface area contributed by atoms with Crippen LogP contribution in [0, 0.1) is 11.3 Å². The first-order valence-corrected chi connectivity index (χ1v) is 23.6. The van der Waals surface area contributed by atoms with E-state index in [-0.39, 0.29) is 30.0 Å². The first-order chi connectivity index (χ1) is 32.2. The molecule has 0 radical (unpaired) electrons. The summed E-state index contributed by atoms with van der Waals surface area (Å²) in [5.41, 5.74) is -1.46. The second-order valence-corrected chi connectivity index (χ2v) is 19.8. The quantitative estimate of drug-likeness (QED) is 0.123. The summed E-state index contributed by atoms with van der Waals surface area (Å²) in [4.78, 5) is 76.2. The van der Waals surface area contributed by atoms with Crippen LogP contribution in [0.15, 0.2) is 67.1 Å². The largest absolute Gasteiger partial charge is 0.496 e. The summed E-state index contributed by atoms with van der Waals surface area (Å²) in [5, 5.41) is 17.8. The average Bonchev–Trinajstić information content (AvgIpc) is 4.00. The van der Waals surface area contributed by atoms with Crippen molar-refractivity contribution in [3.8, 4) is 5.75 Å². The van der Waals surface area contributed by atoms with Gasteiger partial charge in [0, 0.05) is 103 Å². The van der Waals surface area contributed by atoms with Crippen LogP contribution in [0.1, 0.15) is 85.7 Å². The summed E-state index contributed by atoms with van der Waals surface area (Å²) >= 11 is 0. The van der Waals surface area contributed by atoms with Crippen LogP contribution in [-0.4, -0.2) is 144 Å². The number of aromatic amines is 1. The van der Waals surface area contributed by atoms with Gasteiger partial charge in [-0.15, -0.1) is 0 Å². The van der Waals surface area contributed by atoms with E-state index in [4.69, 9.17) is 18.9 Å². The van der Waals surface area contributed by atoms with Crippen LogP contribution in [-0.2, 0) is 45.8 Å². The molecule has 4 aromatic rings. The van der Waals surface area contributed by atoms with E-state index in [1.54, 1.807) is 13.3 Å². The normalized spacial score (nSPS) is 33.8. The number of nitrogens with one attached hydrogen (secondary N) is 2. The molecule has 3 fully saturated rings. The molecule has 2 saturated heterocycles. The molecule has 1 saturated carbocycles. The van der Waals surface area contributed by atoms with Gasteiger partial charge in [0.05, 0.1) is 39.1 Å². The zero-order valence-corrected chi connectivity index (χ0v) is 39.4. The van der Waals surface area contributed by atoms with E-state index in [0.717, 1.165) is 33.4 Å². The van der Waals surface area contributed by atoms with Crippen LogP contribution in [0.5, 0.6) is 5.75 Å². The van der Waals surface area contributed by atoms with E-state index < -0.39 is 57.4 Å². The molecule has 5 aliphatic heterocycles. The minimum atomic E-state index is -2.33. The molecule has 2 bridgehead atoms. The molecule has 6 aliphatic rings. The SMILES string of the molecule is CC[C@]1(NC(=O)c2cnccn2)C[C@H]2CN(CCc3c([nH]c4ccccc34)[C@@](C(=O)OC)(c3cc4c(cc3OC)N(C)[C@H]3[C@@](O)(C(=O)OC)[C@H](OC(C)=O)[C@]5(CC)C=CCN6CC[C@]43[C@@H]65)C2)C1. The Balaban J connectivity index is 1.23. The number of para-hydroxylation sites is 1. The Morgan fingerprint density at radius 1 is 0.970 bits per heavy atom. The van der Waals surface area contributed by atoms with Gasteiger partial charge >= 0.3 is 17.9 Å². The van der Waals surface area contributed by atoms with Crippen LogP contribution < -0.4 is 15.0 Å². The molecule has 3 N–H and O–H groups in total. The summed E-state index contributed by atoms with van der Waals surface area (Å²) in [6.07, 6.45) is 10.4. The summed E-state index contributed by atoms with van der Waals surface area (Å²) in [7, 11) is 6.13. The number of amides is 1. The lowest BCUT2D eigenvalue weighted by Gasteiger charge is -2.63. The van der Waals surface area contributed by atoms with Crippen molar-refractivity contribution in [1.29, 1.82) is 0 Å². The number of piperidine rings is 1. The van der Waals surface area contributed by atoms with Gasteiger partial charge in [-0.25, -0.2) is 9.78 Å². The number of likely N-dealkylation sites (N-methyl/N-ethyl adjacent to an activating group) is 1. The standard InChI is InChI=1S/C51H61N7O9/c1-8-47(55-41(60)37-27-52-18-19-53-37)25-31-26-50(45(61)65-6,40-33(15-21-57(28-31)29-47)32-13-10-11-14-36(32)54-40)35-23-34-38(24-39(35)64-5)56(4)43-49(34)17-22-58-20-12-16-48(9-2,42(49)58)44(67-30(3)59)51(43,63)46(62)66-7/h10-14,16,18-19,23-24,27,31,42-44,54,63H,8-9,15,17,20-22,25-26,28-29H2,1-7H3,(H,55,60)/t31-,42+,43-,44-,47+,48-,49-,50+,51+/m1/s1. The van der Waals surface area contributed by atoms with Gasteiger partial charge in [0.15, 0.2) is 6.10 Å². The first kappa shape index (κ1) is 45.0. The Morgan fingerprint density at radius 3 is 2.46 bits per heavy atom. The monoisotopic (exact) mass is 915 g/mol. The topological polar surface area (TPSA) is 189 Å². The molecule has 1 unspecified atom stereocenters. The van der Waals surface area contributed by atoms with Crippen molar-refractivity contribution >= 4 is 40.4 Å². The van der Waals surface area contributed by atoms with Gasteiger partial charge in [0.1, 0.15) is 16.9 Å². The van der Waals surface area contributed by atoms with Crippen molar-refractivity contribution in [3.63, 3.8) is 0 Å². The van der Waals surface area contributed by atoms with Crippen molar-refractivity contribution in [2.24, 2.45) is 11.3 Å². The number of ether oxygens (including phenoxy) is 4. The minimum absolute atomic E-state index is 0.152. The van der Waals surface area contributed by atoms with Gasteiger partial charge < -0.3 is 44.2 Å². The van der Waals surface area contributed by atoms with Crippen LogP contribution in [0.4, 0.5) is 5.69 Å². The summed E-state index contributed by atoms with van der Waals surface area (Å²) in [6, 6.07) is 10.9. The van der Waals surface area contributed by atoms with E-state index >= 15 is 4.79 Å². The molecule has 16 heteroatoms. The minimum Gasteiger partial charge on any atom is -0.496 e. The number of methoxy groups -OCH3 is 3. The molecule has 2 aromatic carbocycles. The smallest absolute Gasteiger partial charge is 0.344 e. The highest BCUT2D eigenvalue weighted by Crippen LogP contribution is 2.68. The van der Waals surface area contributed by atoms with Gasteiger partial charge in [-0.05, 0) is 74.2 Å². The zero-order valence-electron chi connectivity index (χ0n) is 39.4. The van der Waals surface area contributed by atoms with Crippen molar-refractivity contribution in [2.45, 2.75) is 99.5 Å². The zero-order chi connectivity index (χ0) is 47.3. The molecule has 10 atom stereocenters. The third kappa shape index (κ3) is 6.20. The maximum Gasteiger partial charge on any atom is 0.344 e. The lowest BCUT2D eigenvalue weighted by Crippen LogP contribution is -2.81. The fourth-order valence-corrected chi connectivity index (χ4v) is 14.4. The van der Waals surface area contributed by atoms with Gasteiger partial charge in [0.25, 0.3) is 5.91 Å². The molecular formula is C51H61N7O9. The molecule has 10 rings (SSSR count). The molecule has 67 heavy (non-hydrogen) atoms. The van der Waals surface area contributed by atoms with Crippen molar-refractivity contribution in [1.82, 2.24) is 30.1 Å². The lowest BCUT2D eigenvalue weighted by atomic mass is 9.47. The van der Waals surface area contributed by atoms with Gasteiger partial charge in [0.2, 0.25) is 5.60 Å². The highest BCUT2D eigenvalue weighted by atomic mass is 16.6. The van der Waals surface area contributed by atoms with Gasteiger partial charge in [-0.3, -0.25) is 24.3 Å². The Kier molecular flexibility index (Phi) is 10.8. The van der Waals surface area contributed by atoms with Gasteiger partial charge in [-0.2, -0.15) is 0 Å². The fraction of sp³-hybridized carbons (Fsp3) is 0.529. The number of aromatic nitrogens is 3. The molecule has 1 amide bonds. The maximum absolute atomic E-state index is 15.7. The predicted molar refractivity (Wildman–Crippen MR) is 248 cm³/mol.